The molecule has 0 saturated heterocycles. The Morgan fingerprint density at radius 2 is 1.10 bits per heavy atom. The van der Waals surface area contributed by atoms with Gasteiger partial charge in [0.1, 0.15) is 0 Å². The molecule has 0 amide bonds. The Morgan fingerprint density at radius 3 is 1.52 bits per heavy atom. The van der Waals surface area contributed by atoms with Crippen LogP contribution in [0.15, 0.2) is 0 Å². The fourth-order valence-electron chi connectivity index (χ4n) is 4.32. The van der Waals surface area contributed by atoms with Crippen molar-refractivity contribution in [2.75, 3.05) is 12.4 Å². The van der Waals surface area contributed by atoms with E-state index in [0.29, 0.717) is 18.9 Å². The van der Waals surface area contributed by atoms with Gasteiger partial charge in [-0.2, -0.15) is 12.6 Å². The third-order valence-electron chi connectivity index (χ3n) is 6.64. The van der Waals surface area contributed by atoms with Gasteiger partial charge in [0.15, 0.2) is 0 Å². The molecule has 0 fully saturated rings. The molecular weight excluding hydrogens is 404 g/mol. The van der Waals surface area contributed by atoms with E-state index in [-0.39, 0.29) is 23.7 Å². The second-order valence-corrected chi connectivity index (χ2v) is 10.0. The highest BCUT2D eigenvalue weighted by Gasteiger charge is 2.21. The van der Waals surface area contributed by atoms with E-state index in [1.165, 1.54) is 103 Å². The van der Waals surface area contributed by atoms with Gasteiger partial charge in [-0.05, 0) is 24.7 Å². The van der Waals surface area contributed by atoms with E-state index >= 15 is 0 Å². The first-order valence-electron chi connectivity index (χ1n) is 13.5. The minimum absolute atomic E-state index is 0.118. The summed E-state index contributed by atoms with van der Waals surface area (Å²) in [7, 11) is 0. The summed E-state index contributed by atoms with van der Waals surface area (Å²) in [6.45, 7) is 6.85. The van der Waals surface area contributed by atoms with Crippen molar-refractivity contribution in [2.24, 2.45) is 11.8 Å². The SMILES string of the molecule is CCCCCCCCCCCCCCCCCCC(C)C(O)C(C)CCOC(=O)CS. The summed E-state index contributed by atoms with van der Waals surface area (Å²) in [6.07, 6.45) is 23.7. The molecule has 0 aliphatic rings. The van der Waals surface area contributed by atoms with Gasteiger partial charge in [-0.1, -0.05) is 124 Å². The molecule has 0 rings (SSSR count). The molecule has 3 nitrogen and oxygen atoms in total. The number of ether oxygens (including phenoxy) is 1. The van der Waals surface area contributed by atoms with E-state index in [1.807, 2.05) is 6.92 Å². The first-order chi connectivity index (χ1) is 15.0. The maximum Gasteiger partial charge on any atom is 0.315 e. The van der Waals surface area contributed by atoms with Crippen molar-refractivity contribution in [3.8, 4) is 0 Å². The standard InChI is InChI=1S/C27H54O3S/c1-4-5-6-7-8-9-10-11-12-13-14-15-16-17-18-19-20-24(2)27(29)25(3)21-22-30-26(28)23-31/h24-25,27,29,31H,4-23H2,1-3H3. The van der Waals surface area contributed by atoms with Crippen LogP contribution in [-0.2, 0) is 9.53 Å². The van der Waals surface area contributed by atoms with Gasteiger partial charge in [-0.15, -0.1) is 0 Å². The predicted octanol–water partition coefficient (Wildman–Crippen LogP) is 8.13. The van der Waals surface area contributed by atoms with E-state index in [1.54, 1.807) is 0 Å². The van der Waals surface area contributed by atoms with Crippen molar-refractivity contribution in [1.29, 1.82) is 0 Å². The summed E-state index contributed by atoms with van der Waals surface area (Å²) in [5, 5.41) is 10.5. The molecule has 0 aliphatic carbocycles. The largest absolute Gasteiger partial charge is 0.465 e. The normalized spacial score (nSPS) is 14.4. The second kappa shape index (κ2) is 23.0. The van der Waals surface area contributed by atoms with E-state index in [2.05, 4.69) is 26.5 Å². The molecule has 0 aromatic carbocycles. The van der Waals surface area contributed by atoms with E-state index in [9.17, 15) is 9.90 Å². The Labute approximate surface area is 199 Å². The van der Waals surface area contributed by atoms with Gasteiger partial charge in [0.05, 0.1) is 18.5 Å². The fraction of sp³-hybridized carbons (Fsp3) is 0.963. The molecule has 0 aromatic heterocycles. The molecule has 4 heteroatoms. The van der Waals surface area contributed by atoms with Crippen LogP contribution in [-0.4, -0.2) is 29.5 Å². The van der Waals surface area contributed by atoms with Crippen molar-refractivity contribution >= 4 is 18.6 Å². The maximum atomic E-state index is 11.1. The molecule has 186 valence electrons. The number of unbranched alkanes of at least 4 members (excludes halogenated alkanes) is 15. The van der Waals surface area contributed by atoms with Crippen molar-refractivity contribution in [1.82, 2.24) is 0 Å². The van der Waals surface area contributed by atoms with Crippen LogP contribution in [0.3, 0.4) is 0 Å². The van der Waals surface area contributed by atoms with Gasteiger partial charge in [0.25, 0.3) is 0 Å². The average molecular weight is 459 g/mol. The van der Waals surface area contributed by atoms with Crippen LogP contribution in [0, 0.1) is 11.8 Å². The summed E-state index contributed by atoms with van der Waals surface area (Å²) in [4.78, 5) is 11.1. The lowest BCUT2D eigenvalue weighted by atomic mass is 9.88. The van der Waals surface area contributed by atoms with Crippen molar-refractivity contribution in [2.45, 2.75) is 142 Å². The van der Waals surface area contributed by atoms with Crippen LogP contribution >= 0.6 is 12.6 Å². The number of aliphatic hydroxyl groups is 1. The average Bonchev–Trinajstić information content (AvgIpc) is 2.77. The minimum Gasteiger partial charge on any atom is -0.465 e. The van der Waals surface area contributed by atoms with Gasteiger partial charge in [0, 0.05) is 0 Å². The third-order valence-corrected chi connectivity index (χ3v) is 6.90. The lowest BCUT2D eigenvalue weighted by Gasteiger charge is -2.25. The Morgan fingerprint density at radius 1 is 0.710 bits per heavy atom. The number of rotatable bonds is 23. The lowest BCUT2D eigenvalue weighted by Crippen LogP contribution is -2.27. The van der Waals surface area contributed by atoms with Crippen molar-refractivity contribution in [3.63, 3.8) is 0 Å². The molecule has 1 N–H and O–H groups in total. The number of carbonyl (C=O) groups excluding carboxylic acids is 1. The summed E-state index contributed by atoms with van der Waals surface area (Å²) in [6, 6.07) is 0. The molecule has 0 bridgehead atoms. The summed E-state index contributed by atoms with van der Waals surface area (Å²) in [5.41, 5.74) is 0. The zero-order valence-electron chi connectivity index (χ0n) is 21.1. The maximum absolute atomic E-state index is 11.1. The Bertz CT molecular complexity index is 389. The number of aliphatic hydroxyl groups excluding tert-OH is 1. The summed E-state index contributed by atoms with van der Waals surface area (Å²) >= 11 is 3.90. The molecule has 3 unspecified atom stereocenters. The van der Waals surface area contributed by atoms with Crippen molar-refractivity contribution < 1.29 is 14.6 Å². The number of hydrogen-bond acceptors (Lipinski definition) is 4. The van der Waals surface area contributed by atoms with Crippen LogP contribution in [0.25, 0.3) is 0 Å². The van der Waals surface area contributed by atoms with Gasteiger partial charge < -0.3 is 9.84 Å². The smallest absolute Gasteiger partial charge is 0.315 e. The summed E-state index contributed by atoms with van der Waals surface area (Å²) in [5.74, 6) is 0.296. The molecule has 0 radical (unpaired) electrons. The first-order valence-corrected chi connectivity index (χ1v) is 14.1. The molecule has 31 heavy (non-hydrogen) atoms. The lowest BCUT2D eigenvalue weighted by molar-refractivity contribution is -0.141. The van der Waals surface area contributed by atoms with Crippen LogP contribution < -0.4 is 0 Å². The Kier molecular flexibility index (Phi) is 22.8. The topological polar surface area (TPSA) is 46.5 Å². The fourth-order valence-corrected chi connectivity index (χ4v) is 4.41. The highest BCUT2D eigenvalue weighted by Crippen LogP contribution is 2.22. The van der Waals surface area contributed by atoms with E-state index in [0.717, 1.165) is 6.42 Å². The predicted molar refractivity (Wildman–Crippen MR) is 138 cm³/mol. The molecule has 0 spiro atoms. The molecule has 0 aromatic rings. The monoisotopic (exact) mass is 458 g/mol. The molecule has 0 saturated carbocycles. The highest BCUT2D eigenvalue weighted by atomic mass is 32.1. The van der Waals surface area contributed by atoms with Crippen LogP contribution in [0.2, 0.25) is 0 Å². The molecular formula is C27H54O3S. The number of esters is 1. The Balaban J connectivity index is 3.41. The first kappa shape index (κ1) is 30.8. The van der Waals surface area contributed by atoms with Gasteiger partial charge in [-0.3, -0.25) is 4.79 Å². The zero-order valence-corrected chi connectivity index (χ0v) is 22.0. The van der Waals surface area contributed by atoms with E-state index in [4.69, 9.17) is 4.74 Å². The quantitative estimate of drug-likeness (QED) is 0.0922. The van der Waals surface area contributed by atoms with Crippen molar-refractivity contribution in [3.05, 3.63) is 0 Å². The van der Waals surface area contributed by atoms with Gasteiger partial charge in [0.2, 0.25) is 0 Å². The van der Waals surface area contributed by atoms with Crippen LogP contribution in [0.1, 0.15) is 136 Å². The number of hydrogen-bond donors (Lipinski definition) is 2. The zero-order chi connectivity index (χ0) is 23.2. The summed E-state index contributed by atoms with van der Waals surface area (Å²) < 4.78 is 5.06. The second-order valence-electron chi connectivity index (χ2n) is 9.70. The van der Waals surface area contributed by atoms with Gasteiger partial charge >= 0.3 is 5.97 Å². The van der Waals surface area contributed by atoms with Crippen LogP contribution in [0.4, 0.5) is 0 Å². The van der Waals surface area contributed by atoms with Crippen LogP contribution in [0.5, 0.6) is 0 Å². The molecule has 0 heterocycles. The third kappa shape index (κ3) is 20.1. The molecule has 0 aliphatic heterocycles. The minimum atomic E-state index is -0.314. The number of carbonyl (C=O) groups is 1. The Hall–Kier alpha value is -0.220. The molecule has 3 atom stereocenters. The number of thiol groups is 1. The van der Waals surface area contributed by atoms with Gasteiger partial charge in [-0.25, -0.2) is 0 Å². The van der Waals surface area contributed by atoms with E-state index < -0.39 is 0 Å². The highest BCUT2D eigenvalue weighted by molar-refractivity contribution is 7.81.